The van der Waals surface area contributed by atoms with E-state index >= 15 is 0 Å². The molecule has 1 aromatic carbocycles. The summed E-state index contributed by atoms with van der Waals surface area (Å²) in [5.74, 6) is 0. The lowest BCUT2D eigenvalue weighted by Gasteiger charge is -2.46. The van der Waals surface area contributed by atoms with Gasteiger partial charge in [-0.3, -0.25) is 4.90 Å². The molecule has 0 radical (unpaired) electrons. The van der Waals surface area contributed by atoms with Crippen LogP contribution < -0.4 is 0 Å². The number of halogens is 1. The summed E-state index contributed by atoms with van der Waals surface area (Å²) in [6.07, 6.45) is 3.92. The Labute approximate surface area is 125 Å². The molecule has 110 valence electrons. The molecule has 3 nitrogen and oxygen atoms in total. The number of hydrogen-bond acceptors (Lipinski definition) is 3. The van der Waals surface area contributed by atoms with Crippen molar-refractivity contribution in [2.45, 2.75) is 37.3 Å². The van der Waals surface area contributed by atoms with Crippen molar-refractivity contribution in [3.05, 3.63) is 34.9 Å². The van der Waals surface area contributed by atoms with Gasteiger partial charge in [-0.05, 0) is 18.9 Å². The first kappa shape index (κ1) is 14.3. The SMILES string of the molecule is OC(c1ccccc1Cl)C1(N2CCOCC2)CCCC1. The van der Waals surface area contributed by atoms with E-state index in [1.165, 1.54) is 12.8 Å². The first-order chi connectivity index (χ1) is 9.74. The summed E-state index contributed by atoms with van der Waals surface area (Å²) in [5.41, 5.74) is 0.706. The third-order valence-electron chi connectivity index (χ3n) is 4.82. The maximum absolute atomic E-state index is 11.0. The van der Waals surface area contributed by atoms with Crippen LogP contribution in [0.2, 0.25) is 5.02 Å². The van der Waals surface area contributed by atoms with Crippen molar-refractivity contribution in [3.63, 3.8) is 0 Å². The van der Waals surface area contributed by atoms with Gasteiger partial charge >= 0.3 is 0 Å². The highest BCUT2D eigenvalue weighted by atomic mass is 35.5. The second-order valence-corrected chi connectivity index (χ2v) is 6.24. The Hall–Kier alpha value is -0.610. The molecular weight excluding hydrogens is 274 g/mol. The molecule has 1 aliphatic heterocycles. The predicted octanol–water partition coefficient (Wildman–Crippen LogP) is 3.02. The normalized spacial score (nSPS) is 24.7. The molecule has 4 heteroatoms. The van der Waals surface area contributed by atoms with Crippen LogP contribution in [-0.2, 0) is 4.74 Å². The molecule has 1 aromatic rings. The highest BCUT2D eigenvalue weighted by Gasteiger charge is 2.46. The Bertz CT molecular complexity index is 454. The van der Waals surface area contributed by atoms with Crippen molar-refractivity contribution in [1.29, 1.82) is 0 Å². The molecule has 1 saturated carbocycles. The van der Waals surface area contributed by atoms with Gasteiger partial charge in [0, 0.05) is 23.7 Å². The first-order valence-electron chi connectivity index (χ1n) is 7.49. The molecule has 0 bridgehead atoms. The van der Waals surface area contributed by atoms with Crippen molar-refractivity contribution in [2.24, 2.45) is 0 Å². The lowest BCUT2D eigenvalue weighted by Crippen LogP contribution is -2.55. The van der Waals surface area contributed by atoms with Gasteiger partial charge in [-0.25, -0.2) is 0 Å². The minimum Gasteiger partial charge on any atom is -0.386 e. The fourth-order valence-electron chi connectivity index (χ4n) is 3.74. The molecule has 1 atom stereocenters. The van der Waals surface area contributed by atoms with Gasteiger partial charge in [0.2, 0.25) is 0 Å². The number of aliphatic hydroxyl groups is 1. The van der Waals surface area contributed by atoms with E-state index in [2.05, 4.69) is 4.90 Å². The second kappa shape index (κ2) is 6.02. The number of nitrogens with zero attached hydrogens (tertiary/aromatic N) is 1. The number of hydrogen-bond donors (Lipinski definition) is 1. The topological polar surface area (TPSA) is 32.7 Å². The van der Waals surface area contributed by atoms with Crippen molar-refractivity contribution in [1.82, 2.24) is 4.90 Å². The van der Waals surface area contributed by atoms with Crippen LogP contribution in [0.15, 0.2) is 24.3 Å². The van der Waals surface area contributed by atoms with Gasteiger partial charge in [0.15, 0.2) is 0 Å². The molecule has 1 unspecified atom stereocenters. The summed E-state index contributed by atoms with van der Waals surface area (Å²) in [7, 11) is 0. The molecule has 2 fully saturated rings. The number of morpholine rings is 1. The maximum atomic E-state index is 11.0. The lowest BCUT2D eigenvalue weighted by atomic mass is 9.83. The van der Waals surface area contributed by atoms with Crippen molar-refractivity contribution in [3.8, 4) is 0 Å². The molecule has 3 rings (SSSR count). The minimum absolute atomic E-state index is 0.158. The van der Waals surface area contributed by atoms with Crippen molar-refractivity contribution in [2.75, 3.05) is 26.3 Å². The third kappa shape index (κ3) is 2.48. The molecular formula is C16H22ClNO2. The van der Waals surface area contributed by atoms with E-state index in [1.807, 2.05) is 24.3 Å². The lowest BCUT2D eigenvalue weighted by molar-refractivity contribution is -0.0774. The molecule has 2 aliphatic rings. The van der Waals surface area contributed by atoms with E-state index < -0.39 is 6.10 Å². The van der Waals surface area contributed by atoms with Gasteiger partial charge in [-0.2, -0.15) is 0 Å². The van der Waals surface area contributed by atoms with Gasteiger partial charge in [0.05, 0.1) is 24.9 Å². The standard InChI is InChI=1S/C16H22ClNO2/c17-14-6-2-1-5-13(14)15(19)16(7-3-4-8-16)18-9-11-20-12-10-18/h1-2,5-6,15,19H,3-4,7-12H2. The van der Waals surface area contributed by atoms with Gasteiger partial charge in [-0.15, -0.1) is 0 Å². The minimum atomic E-state index is -0.517. The van der Waals surface area contributed by atoms with Crippen molar-refractivity contribution >= 4 is 11.6 Å². The van der Waals surface area contributed by atoms with Gasteiger partial charge in [-0.1, -0.05) is 42.6 Å². The Morgan fingerprint density at radius 3 is 2.45 bits per heavy atom. The number of rotatable bonds is 3. The van der Waals surface area contributed by atoms with Crippen LogP contribution in [-0.4, -0.2) is 41.8 Å². The van der Waals surface area contributed by atoms with Crippen molar-refractivity contribution < 1.29 is 9.84 Å². The molecule has 0 spiro atoms. The number of aliphatic hydroxyl groups excluding tert-OH is 1. The summed E-state index contributed by atoms with van der Waals surface area (Å²) < 4.78 is 5.46. The average Bonchev–Trinajstić information content (AvgIpc) is 2.99. The number of ether oxygens (including phenoxy) is 1. The van der Waals surface area contributed by atoms with Crippen LogP contribution in [0.1, 0.15) is 37.4 Å². The van der Waals surface area contributed by atoms with Gasteiger partial charge in [0.25, 0.3) is 0 Å². The zero-order valence-corrected chi connectivity index (χ0v) is 12.5. The van der Waals surface area contributed by atoms with E-state index in [1.54, 1.807) is 0 Å². The summed E-state index contributed by atoms with van der Waals surface area (Å²) in [6.45, 7) is 3.33. The quantitative estimate of drug-likeness (QED) is 0.930. The zero-order valence-electron chi connectivity index (χ0n) is 11.7. The summed E-state index contributed by atoms with van der Waals surface area (Å²) in [6, 6.07) is 7.68. The Morgan fingerprint density at radius 2 is 1.80 bits per heavy atom. The summed E-state index contributed by atoms with van der Waals surface area (Å²) >= 11 is 6.30. The summed E-state index contributed by atoms with van der Waals surface area (Å²) in [4.78, 5) is 2.43. The van der Waals surface area contributed by atoms with Crippen LogP contribution in [0.25, 0.3) is 0 Å². The highest BCUT2D eigenvalue weighted by Crippen LogP contribution is 2.46. The highest BCUT2D eigenvalue weighted by molar-refractivity contribution is 6.31. The molecule has 0 aromatic heterocycles. The predicted molar refractivity (Wildman–Crippen MR) is 80.0 cm³/mol. The maximum Gasteiger partial charge on any atom is 0.0987 e. The van der Waals surface area contributed by atoms with Crippen LogP contribution in [0.4, 0.5) is 0 Å². The van der Waals surface area contributed by atoms with E-state index in [9.17, 15) is 5.11 Å². The first-order valence-corrected chi connectivity index (χ1v) is 7.87. The molecule has 1 heterocycles. The van der Waals surface area contributed by atoms with Crippen LogP contribution in [0.3, 0.4) is 0 Å². The molecule has 1 aliphatic carbocycles. The monoisotopic (exact) mass is 295 g/mol. The van der Waals surface area contributed by atoms with Crippen LogP contribution in [0, 0.1) is 0 Å². The van der Waals surface area contributed by atoms with E-state index in [4.69, 9.17) is 16.3 Å². The Balaban J connectivity index is 1.91. The molecule has 20 heavy (non-hydrogen) atoms. The number of benzene rings is 1. The molecule has 0 amide bonds. The van der Waals surface area contributed by atoms with Crippen LogP contribution >= 0.6 is 11.6 Å². The fraction of sp³-hybridized carbons (Fsp3) is 0.625. The Kier molecular flexibility index (Phi) is 4.32. The Morgan fingerprint density at radius 1 is 1.15 bits per heavy atom. The van der Waals surface area contributed by atoms with Crippen LogP contribution in [0.5, 0.6) is 0 Å². The van der Waals surface area contributed by atoms with Gasteiger partial charge < -0.3 is 9.84 Å². The third-order valence-corrected chi connectivity index (χ3v) is 5.16. The fourth-order valence-corrected chi connectivity index (χ4v) is 3.98. The summed E-state index contributed by atoms with van der Waals surface area (Å²) in [5, 5.41) is 11.7. The molecule has 1 saturated heterocycles. The molecule has 1 N–H and O–H groups in total. The van der Waals surface area contributed by atoms with E-state index in [-0.39, 0.29) is 5.54 Å². The van der Waals surface area contributed by atoms with E-state index in [0.29, 0.717) is 5.02 Å². The average molecular weight is 296 g/mol. The second-order valence-electron chi connectivity index (χ2n) is 5.83. The van der Waals surface area contributed by atoms with Gasteiger partial charge in [0.1, 0.15) is 0 Å². The zero-order chi connectivity index (χ0) is 14.0. The van der Waals surface area contributed by atoms with E-state index in [0.717, 1.165) is 44.7 Å². The largest absolute Gasteiger partial charge is 0.386 e. The smallest absolute Gasteiger partial charge is 0.0987 e.